The molecule has 0 saturated carbocycles. The van der Waals surface area contributed by atoms with Crippen molar-refractivity contribution < 1.29 is 28.1 Å². The van der Waals surface area contributed by atoms with E-state index >= 15 is 0 Å². The molecule has 0 bridgehead atoms. The lowest BCUT2D eigenvalue weighted by molar-refractivity contribution is -0.552. The largest absolute Gasteiger partial charge is 0.450 e. The maximum atomic E-state index is 13.4. The zero-order valence-corrected chi connectivity index (χ0v) is 19.0. The Labute approximate surface area is 191 Å². The predicted molar refractivity (Wildman–Crippen MR) is 118 cm³/mol. The second-order valence-electron chi connectivity index (χ2n) is 8.24. The van der Waals surface area contributed by atoms with E-state index in [4.69, 9.17) is 9.73 Å². The fourth-order valence-electron chi connectivity index (χ4n) is 4.25. The molecule has 2 fully saturated rings. The van der Waals surface area contributed by atoms with Gasteiger partial charge < -0.3 is 9.64 Å². The van der Waals surface area contributed by atoms with Gasteiger partial charge in [0.25, 0.3) is 17.8 Å². The molecule has 10 nitrogen and oxygen atoms in total. The van der Waals surface area contributed by atoms with Crippen LogP contribution in [0.5, 0.6) is 0 Å². The fourth-order valence-corrected chi connectivity index (χ4v) is 4.25. The number of halogens is 1. The van der Waals surface area contributed by atoms with Crippen molar-refractivity contribution in [1.82, 2.24) is 19.6 Å². The van der Waals surface area contributed by atoms with Crippen LogP contribution in [0.1, 0.15) is 12.5 Å². The molecular weight excluding hydrogens is 431 g/mol. The number of nitrogens with zero attached hydrogens (tertiary/aromatic N) is 6. The first kappa shape index (κ1) is 22.8. The number of ether oxygens (including phenoxy) is 1. The van der Waals surface area contributed by atoms with Crippen LogP contribution in [0.3, 0.4) is 0 Å². The molecule has 1 aromatic carbocycles. The standard InChI is InChI=1S/C22H28FN6O4/c1-4-33-22(32)28-11-9-27(10-12-28)14-17-24-19-18(20(30)26(3)21(31)25(19)2)29(17)13-15-5-7-16(23)8-6-15/h5-8,18H,4,9-14H2,1-3H3/q+1. The van der Waals surface area contributed by atoms with Crippen molar-refractivity contribution in [3.05, 3.63) is 35.6 Å². The summed E-state index contributed by atoms with van der Waals surface area (Å²) in [6.45, 7) is 5.24. The average molecular weight is 460 g/mol. The molecule has 3 heterocycles. The molecule has 4 amide bonds. The third-order valence-corrected chi connectivity index (χ3v) is 6.14. The third kappa shape index (κ3) is 4.45. The summed E-state index contributed by atoms with van der Waals surface area (Å²) >= 11 is 0. The summed E-state index contributed by atoms with van der Waals surface area (Å²) in [6.07, 6.45) is -0.316. The highest BCUT2D eigenvalue weighted by Crippen LogP contribution is 2.21. The Bertz CT molecular complexity index is 1020. The topological polar surface area (TPSA) is 88.8 Å². The van der Waals surface area contributed by atoms with Crippen molar-refractivity contribution in [3.8, 4) is 0 Å². The van der Waals surface area contributed by atoms with Gasteiger partial charge in [0.15, 0.2) is 0 Å². The first-order valence-corrected chi connectivity index (χ1v) is 10.9. The van der Waals surface area contributed by atoms with Crippen LogP contribution in [0.4, 0.5) is 14.0 Å². The van der Waals surface area contributed by atoms with Crippen molar-refractivity contribution in [3.63, 3.8) is 0 Å². The summed E-state index contributed by atoms with van der Waals surface area (Å²) < 4.78 is 20.4. The number of benzene rings is 1. The van der Waals surface area contributed by atoms with Crippen LogP contribution in [0.15, 0.2) is 29.3 Å². The number of carbonyl (C=O) groups is 3. The van der Waals surface area contributed by atoms with E-state index in [1.807, 2.05) is 4.58 Å². The summed E-state index contributed by atoms with van der Waals surface area (Å²) in [5.41, 5.74) is 0.826. The Kier molecular flexibility index (Phi) is 6.41. The molecule has 4 rings (SSSR count). The van der Waals surface area contributed by atoms with E-state index in [2.05, 4.69) is 4.90 Å². The van der Waals surface area contributed by atoms with Crippen LogP contribution in [0, 0.1) is 5.82 Å². The number of imide groups is 1. The minimum absolute atomic E-state index is 0.316. The molecule has 11 heteroatoms. The summed E-state index contributed by atoms with van der Waals surface area (Å²) in [6, 6.07) is 4.96. The molecule has 0 radical (unpaired) electrons. The van der Waals surface area contributed by atoms with Crippen LogP contribution in [0.2, 0.25) is 0 Å². The van der Waals surface area contributed by atoms with E-state index in [-0.39, 0.29) is 17.8 Å². The smallest absolute Gasteiger partial charge is 0.409 e. The molecule has 0 N–H and O–H groups in total. The SMILES string of the molecule is CCOC(=O)N1CCN(CC2=[N+](Cc3ccc(F)cc3)C3C(=O)N(C)C(=O)N(C)C3=N2)CC1. The zero-order valence-electron chi connectivity index (χ0n) is 19.0. The highest BCUT2D eigenvalue weighted by Gasteiger charge is 2.53. The zero-order chi connectivity index (χ0) is 23.7. The summed E-state index contributed by atoms with van der Waals surface area (Å²) in [7, 11) is 3.06. The van der Waals surface area contributed by atoms with Gasteiger partial charge in [-0.15, -0.1) is 0 Å². The van der Waals surface area contributed by atoms with Gasteiger partial charge in [0.2, 0.25) is 0 Å². The van der Waals surface area contributed by atoms with E-state index in [1.54, 1.807) is 31.0 Å². The van der Waals surface area contributed by atoms with E-state index in [0.717, 1.165) is 10.5 Å². The van der Waals surface area contributed by atoms with Crippen molar-refractivity contribution in [2.45, 2.75) is 19.5 Å². The van der Waals surface area contributed by atoms with Gasteiger partial charge in [0.05, 0.1) is 6.61 Å². The molecule has 2 saturated heterocycles. The number of amidine groups is 2. The van der Waals surface area contributed by atoms with Gasteiger partial charge in [-0.3, -0.25) is 19.5 Å². The maximum absolute atomic E-state index is 13.4. The maximum Gasteiger partial charge on any atom is 0.409 e. The normalized spacial score (nSPS) is 21.5. The number of likely N-dealkylation sites (N-methyl/N-ethyl adjacent to an activating group) is 2. The van der Waals surface area contributed by atoms with Gasteiger partial charge in [0.1, 0.15) is 18.9 Å². The van der Waals surface area contributed by atoms with Crippen molar-refractivity contribution >= 4 is 29.7 Å². The van der Waals surface area contributed by atoms with Gasteiger partial charge in [0, 0.05) is 40.3 Å². The molecule has 176 valence electrons. The first-order valence-electron chi connectivity index (χ1n) is 10.9. The molecule has 3 aliphatic heterocycles. The molecule has 33 heavy (non-hydrogen) atoms. The van der Waals surface area contributed by atoms with E-state index in [0.29, 0.717) is 57.5 Å². The molecule has 1 aromatic rings. The molecule has 0 aromatic heterocycles. The Morgan fingerprint density at radius 1 is 1.12 bits per heavy atom. The van der Waals surface area contributed by atoms with Gasteiger partial charge >= 0.3 is 18.0 Å². The van der Waals surface area contributed by atoms with Gasteiger partial charge in [-0.1, -0.05) is 12.1 Å². The summed E-state index contributed by atoms with van der Waals surface area (Å²) in [5.74, 6) is 0.373. The fraction of sp³-hybridized carbons (Fsp3) is 0.500. The second kappa shape index (κ2) is 9.26. The molecular formula is C22H28FN6O4+. The average Bonchev–Trinajstić information content (AvgIpc) is 3.16. The number of aliphatic imine (C=N–C) groups is 1. The Balaban J connectivity index is 1.58. The first-order chi connectivity index (χ1) is 15.8. The van der Waals surface area contributed by atoms with Gasteiger partial charge in [-0.2, -0.15) is 0 Å². The quantitative estimate of drug-likeness (QED) is 0.609. The number of urea groups is 1. The van der Waals surface area contributed by atoms with Crippen LogP contribution < -0.4 is 0 Å². The monoisotopic (exact) mass is 459 g/mol. The minimum Gasteiger partial charge on any atom is -0.450 e. The number of hydrogen-bond donors (Lipinski definition) is 0. The Morgan fingerprint density at radius 2 is 1.79 bits per heavy atom. The lowest BCUT2D eigenvalue weighted by Crippen LogP contribution is -2.61. The summed E-state index contributed by atoms with van der Waals surface area (Å²) in [5, 5.41) is 0. The molecule has 1 atom stereocenters. The van der Waals surface area contributed by atoms with E-state index < -0.39 is 12.1 Å². The molecule has 0 aliphatic carbocycles. The van der Waals surface area contributed by atoms with Crippen molar-refractivity contribution in [2.24, 2.45) is 4.99 Å². The summed E-state index contributed by atoms with van der Waals surface area (Å²) in [4.78, 5) is 48.5. The Morgan fingerprint density at radius 3 is 2.42 bits per heavy atom. The lowest BCUT2D eigenvalue weighted by atomic mass is 10.1. The van der Waals surface area contributed by atoms with Gasteiger partial charge in [-0.05, 0) is 29.6 Å². The van der Waals surface area contributed by atoms with Crippen molar-refractivity contribution in [1.29, 1.82) is 0 Å². The highest BCUT2D eigenvalue weighted by molar-refractivity contribution is 6.23. The number of rotatable bonds is 5. The number of carbonyl (C=O) groups excluding carboxylic acids is 3. The predicted octanol–water partition coefficient (Wildman–Crippen LogP) is 0.815. The second-order valence-corrected chi connectivity index (χ2v) is 8.24. The van der Waals surface area contributed by atoms with Crippen LogP contribution in [-0.4, -0.2) is 113 Å². The van der Waals surface area contributed by atoms with E-state index in [1.165, 1.54) is 24.1 Å². The minimum atomic E-state index is -0.724. The molecule has 1 unspecified atom stereocenters. The number of hydrogen-bond acceptors (Lipinski definition) is 6. The number of piperazine rings is 1. The van der Waals surface area contributed by atoms with Crippen LogP contribution in [-0.2, 0) is 16.1 Å². The third-order valence-electron chi connectivity index (χ3n) is 6.14. The Hall–Kier alpha value is -3.34. The van der Waals surface area contributed by atoms with Gasteiger partial charge in [-0.25, -0.2) is 18.6 Å². The number of amides is 4. The van der Waals surface area contributed by atoms with Crippen LogP contribution >= 0.6 is 0 Å². The molecule has 0 spiro atoms. The number of fused-ring (bicyclic) bond motifs is 1. The highest BCUT2D eigenvalue weighted by atomic mass is 19.1. The lowest BCUT2D eigenvalue weighted by Gasteiger charge is -2.33. The molecule has 3 aliphatic rings. The van der Waals surface area contributed by atoms with E-state index in [9.17, 15) is 18.8 Å². The van der Waals surface area contributed by atoms with Crippen LogP contribution in [0.25, 0.3) is 0 Å². The van der Waals surface area contributed by atoms with Crippen molar-refractivity contribution in [2.75, 3.05) is 53.4 Å².